The molecule has 4 rings (SSSR count). The molecule has 2 N–H and O–H groups in total. The van der Waals surface area contributed by atoms with Gasteiger partial charge in [0.25, 0.3) is 0 Å². The van der Waals surface area contributed by atoms with E-state index in [0.717, 1.165) is 48.6 Å². The van der Waals surface area contributed by atoms with Crippen LogP contribution >= 0.6 is 11.6 Å². The second kappa shape index (κ2) is 10.1. The fraction of sp³-hybridized carbons (Fsp3) is 0.542. The lowest BCUT2D eigenvalue weighted by Gasteiger charge is -2.38. The number of halogens is 1. The molecule has 0 unspecified atom stereocenters. The van der Waals surface area contributed by atoms with Gasteiger partial charge < -0.3 is 20.2 Å². The minimum Gasteiger partial charge on any atom is -0.396 e. The second-order valence-electron chi connectivity index (χ2n) is 8.96. The van der Waals surface area contributed by atoms with Gasteiger partial charge >= 0.3 is 0 Å². The van der Waals surface area contributed by atoms with E-state index >= 15 is 0 Å². The van der Waals surface area contributed by atoms with Crippen molar-refractivity contribution < 1.29 is 9.90 Å². The van der Waals surface area contributed by atoms with Crippen molar-refractivity contribution in [1.82, 2.24) is 20.2 Å². The maximum atomic E-state index is 13.5. The molecule has 1 aliphatic heterocycles. The van der Waals surface area contributed by atoms with Crippen molar-refractivity contribution in [1.29, 1.82) is 0 Å². The molecule has 0 spiro atoms. The number of piperazine rings is 1. The molecule has 0 saturated carbocycles. The van der Waals surface area contributed by atoms with Crippen LogP contribution in [0.25, 0.3) is 0 Å². The number of nitrogens with one attached hydrogen (secondary N) is 1. The van der Waals surface area contributed by atoms with Crippen LogP contribution in [0.2, 0.25) is 5.02 Å². The quantitative estimate of drug-likeness (QED) is 0.665. The zero-order valence-corrected chi connectivity index (χ0v) is 19.6. The zero-order chi connectivity index (χ0) is 22.7. The first-order valence-electron chi connectivity index (χ1n) is 11.4. The first kappa shape index (κ1) is 23.0. The number of aliphatic hydroxyl groups is 1. The average Bonchev–Trinajstić information content (AvgIpc) is 3.23. The Morgan fingerprint density at radius 3 is 2.56 bits per heavy atom. The maximum absolute atomic E-state index is 13.5. The van der Waals surface area contributed by atoms with Gasteiger partial charge in [-0.3, -0.25) is 4.79 Å². The molecule has 1 aromatic carbocycles. The summed E-state index contributed by atoms with van der Waals surface area (Å²) >= 11 is 6.06. The Bertz CT molecular complexity index is 928. The third-order valence-corrected chi connectivity index (χ3v) is 6.75. The van der Waals surface area contributed by atoms with Gasteiger partial charge in [0.1, 0.15) is 12.1 Å². The van der Waals surface area contributed by atoms with Crippen LogP contribution in [0.1, 0.15) is 48.9 Å². The minimum absolute atomic E-state index is 0.109. The number of carbonyl (C=O) groups is 1. The summed E-state index contributed by atoms with van der Waals surface area (Å²) in [5.41, 5.74) is 3.12. The summed E-state index contributed by atoms with van der Waals surface area (Å²) in [5.74, 6) is 0.927. The SMILES string of the molecule is CC(C)NC[C@@H](C(=O)N1CCN(c2ncnc3c2[C@@H](CO)CC3)CC1)c1ccc(Cl)cc1. The van der Waals surface area contributed by atoms with Crippen molar-refractivity contribution in [2.75, 3.05) is 44.2 Å². The monoisotopic (exact) mass is 457 g/mol. The largest absolute Gasteiger partial charge is 0.396 e. The molecular weight excluding hydrogens is 426 g/mol. The molecule has 2 heterocycles. The maximum Gasteiger partial charge on any atom is 0.231 e. The molecular formula is C24H32ClN5O2. The summed E-state index contributed by atoms with van der Waals surface area (Å²) in [6.07, 6.45) is 3.43. The highest BCUT2D eigenvalue weighted by Gasteiger charge is 2.33. The fourth-order valence-electron chi connectivity index (χ4n) is 4.68. The van der Waals surface area contributed by atoms with Crippen LogP contribution in [-0.2, 0) is 11.2 Å². The lowest BCUT2D eigenvalue weighted by Crippen LogP contribution is -2.51. The summed E-state index contributed by atoms with van der Waals surface area (Å²) in [4.78, 5) is 26.7. The highest BCUT2D eigenvalue weighted by molar-refractivity contribution is 6.30. The van der Waals surface area contributed by atoms with Gasteiger partial charge in [0.15, 0.2) is 0 Å². The zero-order valence-electron chi connectivity index (χ0n) is 18.8. The number of amides is 1. The van der Waals surface area contributed by atoms with Crippen LogP contribution in [0.4, 0.5) is 5.82 Å². The molecule has 1 amide bonds. The molecule has 1 fully saturated rings. The van der Waals surface area contributed by atoms with Gasteiger partial charge in [0.2, 0.25) is 5.91 Å². The summed E-state index contributed by atoms with van der Waals surface area (Å²) in [6.45, 7) is 7.62. The summed E-state index contributed by atoms with van der Waals surface area (Å²) in [7, 11) is 0. The standard InChI is InChI=1S/C24H32ClN5O2/c1-16(2)26-13-20(17-3-6-19(25)7-4-17)24(32)30-11-9-29(10-12-30)23-22-18(14-31)5-8-21(22)27-15-28-23/h3-4,6-7,15-16,18,20,26,31H,5,8-14H2,1-2H3/t18-,20-/m1/s1. The minimum atomic E-state index is -0.247. The van der Waals surface area contributed by atoms with Crippen LogP contribution in [0.3, 0.4) is 0 Å². The number of fused-ring (bicyclic) bond motifs is 1. The predicted molar refractivity (Wildman–Crippen MR) is 126 cm³/mol. The molecule has 1 saturated heterocycles. The van der Waals surface area contributed by atoms with E-state index in [1.54, 1.807) is 6.33 Å². The normalized spacial score (nSPS) is 19.3. The molecule has 2 aliphatic rings. The van der Waals surface area contributed by atoms with Gasteiger partial charge in [-0.05, 0) is 30.5 Å². The molecule has 2 atom stereocenters. The van der Waals surface area contributed by atoms with Crippen molar-refractivity contribution in [3.8, 4) is 0 Å². The lowest BCUT2D eigenvalue weighted by molar-refractivity contribution is -0.133. The van der Waals surface area contributed by atoms with E-state index in [9.17, 15) is 9.90 Å². The van der Waals surface area contributed by atoms with Gasteiger partial charge in [0, 0.05) is 61.0 Å². The Labute approximate surface area is 194 Å². The molecule has 8 heteroatoms. The summed E-state index contributed by atoms with van der Waals surface area (Å²) in [6, 6.07) is 7.88. The molecule has 32 heavy (non-hydrogen) atoms. The van der Waals surface area contributed by atoms with Crippen molar-refractivity contribution in [2.45, 2.75) is 44.6 Å². The molecule has 2 aromatic rings. The van der Waals surface area contributed by atoms with Crippen LogP contribution < -0.4 is 10.2 Å². The second-order valence-corrected chi connectivity index (χ2v) is 9.39. The molecule has 1 aromatic heterocycles. The fourth-order valence-corrected chi connectivity index (χ4v) is 4.81. The van der Waals surface area contributed by atoms with Crippen molar-refractivity contribution in [3.05, 3.63) is 52.4 Å². The third-order valence-electron chi connectivity index (χ3n) is 6.50. The Morgan fingerprint density at radius 2 is 1.91 bits per heavy atom. The smallest absolute Gasteiger partial charge is 0.231 e. The Hall–Kier alpha value is -2.22. The number of hydrogen-bond donors (Lipinski definition) is 2. The van der Waals surface area contributed by atoms with E-state index in [0.29, 0.717) is 30.7 Å². The van der Waals surface area contributed by atoms with Crippen LogP contribution in [0.5, 0.6) is 0 Å². The van der Waals surface area contributed by atoms with E-state index < -0.39 is 0 Å². The van der Waals surface area contributed by atoms with Crippen molar-refractivity contribution >= 4 is 23.3 Å². The van der Waals surface area contributed by atoms with E-state index in [-0.39, 0.29) is 24.3 Å². The number of anilines is 1. The van der Waals surface area contributed by atoms with Crippen molar-refractivity contribution in [2.24, 2.45) is 0 Å². The first-order chi connectivity index (χ1) is 15.5. The number of aromatic nitrogens is 2. The summed E-state index contributed by atoms with van der Waals surface area (Å²) < 4.78 is 0. The van der Waals surface area contributed by atoms with Gasteiger partial charge in [-0.25, -0.2) is 9.97 Å². The first-order valence-corrected chi connectivity index (χ1v) is 11.8. The molecule has 1 aliphatic carbocycles. The van der Waals surface area contributed by atoms with Gasteiger partial charge in [-0.2, -0.15) is 0 Å². The van der Waals surface area contributed by atoms with Gasteiger partial charge in [0.05, 0.1) is 12.5 Å². The topological polar surface area (TPSA) is 81.6 Å². The van der Waals surface area contributed by atoms with Crippen LogP contribution in [0.15, 0.2) is 30.6 Å². The number of aryl methyl sites for hydroxylation is 1. The predicted octanol–water partition coefficient (Wildman–Crippen LogP) is 2.58. The Morgan fingerprint density at radius 1 is 1.19 bits per heavy atom. The average molecular weight is 458 g/mol. The highest BCUT2D eigenvalue weighted by Crippen LogP contribution is 2.37. The number of nitrogens with zero attached hydrogens (tertiary/aromatic N) is 4. The number of carbonyl (C=O) groups excluding carboxylic acids is 1. The lowest BCUT2D eigenvalue weighted by atomic mass is 9.96. The van der Waals surface area contributed by atoms with Gasteiger partial charge in [-0.15, -0.1) is 0 Å². The number of rotatable bonds is 7. The Kier molecular flexibility index (Phi) is 7.28. The van der Waals surface area contributed by atoms with E-state index in [2.05, 4.69) is 34.0 Å². The third kappa shape index (κ3) is 4.90. The molecule has 7 nitrogen and oxygen atoms in total. The van der Waals surface area contributed by atoms with E-state index in [4.69, 9.17) is 11.6 Å². The molecule has 0 radical (unpaired) electrons. The van der Waals surface area contributed by atoms with Crippen LogP contribution in [0, 0.1) is 0 Å². The number of benzene rings is 1. The Balaban J connectivity index is 1.46. The highest BCUT2D eigenvalue weighted by atomic mass is 35.5. The molecule has 172 valence electrons. The van der Waals surface area contributed by atoms with E-state index in [1.165, 1.54) is 0 Å². The molecule has 0 bridgehead atoms. The number of aliphatic hydroxyl groups excluding tert-OH is 1. The summed E-state index contributed by atoms with van der Waals surface area (Å²) in [5, 5.41) is 13.9. The van der Waals surface area contributed by atoms with Crippen LogP contribution in [-0.4, -0.2) is 71.3 Å². The van der Waals surface area contributed by atoms with Gasteiger partial charge in [-0.1, -0.05) is 37.6 Å². The number of hydrogen-bond acceptors (Lipinski definition) is 6. The van der Waals surface area contributed by atoms with Crippen molar-refractivity contribution in [3.63, 3.8) is 0 Å². The van der Waals surface area contributed by atoms with E-state index in [1.807, 2.05) is 29.2 Å².